The second kappa shape index (κ2) is 12.2. The van der Waals surface area contributed by atoms with E-state index in [4.69, 9.17) is 16.1 Å². The van der Waals surface area contributed by atoms with Crippen molar-refractivity contribution in [3.63, 3.8) is 0 Å². The molecule has 8 nitrogen and oxygen atoms in total. The number of halogens is 2. The molecule has 1 aliphatic heterocycles. The van der Waals surface area contributed by atoms with Crippen LogP contribution in [-0.4, -0.2) is 59.1 Å². The van der Waals surface area contributed by atoms with Gasteiger partial charge in [-0.05, 0) is 25.5 Å². The lowest BCUT2D eigenvalue weighted by atomic mass is 10.2. The summed E-state index contributed by atoms with van der Waals surface area (Å²) in [6.07, 6.45) is 1.45. The highest BCUT2D eigenvalue weighted by Gasteiger charge is 2.27. The summed E-state index contributed by atoms with van der Waals surface area (Å²) in [5.74, 6) is 2.00. The smallest absolute Gasteiger partial charge is 0.228 e. The third kappa shape index (κ3) is 7.34. The highest BCUT2D eigenvalue weighted by molar-refractivity contribution is 14.0. The van der Waals surface area contributed by atoms with E-state index in [9.17, 15) is 4.79 Å². The van der Waals surface area contributed by atoms with Gasteiger partial charge in [-0.1, -0.05) is 42.7 Å². The van der Waals surface area contributed by atoms with Crippen molar-refractivity contribution in [2.45, 2.75) is 39.7 Å². The topological polar surface area (TPSA) is 95.7 Å². The van der Waals surface area contributed by atoms with Gasteiger partial charge in [0.2, 0.25) is 17.6 Å². The molecule has 3 rings (SSSR count). The molecule has 0 radical (unpaired) electrons. The number of amides is 1. The Morgan fingerprint density at radius 1 is 1.42 bits per heavy atom. The van der Waals surface area contributed by atoms with Gasteiger partial charge in [-0.25, -0.2) is 0 Å². The number of nitrogens with zero attached hydrogens (tertiary/aromatic N) is 4. The number of aliphatic imine (C=N–C) groups is 1. The van der Waals surface area contributed by atoms with Crippen LogP contribution < -0.4 is 10.6 Å². The van der Waals surface area contributed by atoms with E-state index in [1.165, 1.54) is 0 Å². The summed E-state index contributed by atoms with van der Waals surface area (Å²) in [4.78, 5) is 23.1. The van der Waals surface area contributed by atoms with Crippen LogP contribution in [0.5, 0.6) is 0 Å². The van der Waals surface area contributed by atoms with Crippen LogP contribution in [0, 0.1) is 5.92 Å². The van der Waals surface area contributed by atoms with Gasteiger partial charge in [0.05, 0.1) is 6.54 Å². The summed E-state index contributed by atoms with van der Waals surface area (Å²) >= 11 is 6.02. The number of carbonyl (C=O) groups excluding carboxylic acids is 1. The second-order valence-corrected chi connectivity index (χ2v) is 8.04. The highest BCUT2D eigenvalue weighted by Crippen LogP contribution is 2.20. The fraction of sp³-hybridized carbons (Fsp3) is 0.524. The second-order valence-electron chi connectivity index (χ2n) is 7.60. The zero-order chi connectivity index (χ0) is 21.5. The molecule has 1 aromatic heterocycles. The van der Waals surface area contributed by atoms with Crippen LogP contribution in [0.25, 0.3) is 11.4 Å². The van der Waals surface area contributed by atoms with Gasteiger partial charge in [-0.3, -0.25) is 9.79 Å². The van der Waals surface area contributed by atoms with Crippen molar-refractivity contribution >= 4 is 47.4 Å². The summed E-state index contributed by atoms with van der Waals surface area (Å²) in [7, 11) is 0. The zero-order valence-corrected chi connectivity index (χ0v) is 21.2. The number of rotatable bonds is 7. The van der Waals surface area contributed by atoms with Crippen molar-refractivity contribution in [3.8, 4) is 11.4 Å². The van der Waals surface area contributed by atoms with Gasteiger partial charge >= 0.3 is 0 Å². The maximum atomic E-state index is 12.2. The number of benzene rings is 1. The van der Waals surface area contributed by atoms with Crippen LogP contribution >= 0.6 is 35.6 Å². The Balaban J connectivity index is 0.00000341. The van der Waals surface area contributed by atoms with Gasteiger partial charge in [0.1, 0.15) is 0 Å². The molecule has 0 bridgehead atoms. The molecule has 0 aliphatic carbocycles. The third-order valence-corrected chi connectivity index (χ3v) is 5.06. The molecular weight excluding hydrogens is 531 g/mol. The minimum absolute atomic E-state index is 0. The summed E-state index contributed by atoms with van der Waals surface area (Å²) in [6.45, 7) is 8.64. The summed E-state index contributed by atoms with van der Waals surface area (Å²) in [5.41, 5.74) is 0.817. The lowest BCUT2D eigenvalue weighted by Crippen LogP contribution is -2.45. The lowest BCUT2D eigenvalue weighted by molar-refractivity contribution is -0.133. The van der Waals surface area contributed by atoms with Crippen LogP contribution in [0.4, 0.5) is 0 Å². The maximum Gasteiger partial charge on any atom is 0.228 e. The molecule has 2 heterocycles. The average molecular weight is 561 g/mol. The molecule has 0 saturated carbocycles. The van der Waals surface area contributed by atoms with E-state index in [1.807, 2.05) is 37.8 Å². The molecule has 1 aromatic carbocycles. The molecule has 1 aliphatic rings. The fourth-order valence-electron chi connectivity index (χ4n) is 3.32. The van der Waals surface area contributed by atoms with E-state index in [0.29, 0.717) is 36.2 Å². The summed E-state index contributed by atoms with van der Waals surface area (Å²) < 4.78 is 5.34. The number of likely N-dealkylation sites (tertiary alicyclic amines) is 1. The van der Waals surface area contributed by atoms with E-state index in [1.54, 1.807) is 12.1 Å². The zero-order valence-electron chi connectivity index (χ0n) is 18.1. The Morgan fingerprint density at radius 3 is 2.94 bits per heavy atom. The molecule has 2 N–H and O–H groups in total. The number of nitrogens with one attached hydrogen (secondary N) is 2. The lowest BCUT2D eigenvalue weighted by Gasteiger charge is -2.20. The molecule has 1 atom stereocenters. The van der Waals surface area contributed by atoms with Crippen molar-refractivity contribution in [1.29, 1.82) is 0 Å². The monoisotopic (exact) mass is 560 g/mol. The van der Waals surface area contributed by atoms with Gasteiger partial charge in [0, 0.05) is 48.6 Å². The Morgan fingerprint density at radius 2 is 2.23 bits per heavy atom. The van der Waals surface area contributed by atoms with E-state index in [0.717, 1.165) is 31.0 Å². The van der Waals surface area contributed by atoms with Crippen molar-refractivity contribution < 1.29 is 9.32 Å². The van der Waals surface area contributed by atoms with Gasteiger partial charge in [0.25, 0.3) is 0 Å². The molecule has 1 fully saturated rings. The number of hydrogen-bond donors (Lipinski definition) is 2. The first kappa shape index (κ1) is 25.4. The first-order valence-corrected chi connectivity index (χ1v) is 10.8. The van der Waals surface area contributed by atoms with Crippen LogP contribution in [0.1, 0.15) is 33.1 Å². The van der Waals surface area contributed by atoms with Crippen molar-refractivity contribution in [2.75, 3.05) is 26.2 Å². The molecule has 170 valence electrons. The average Bonchev–Trinajstić information content (AvgIpc) is 3.37. The Bertz CT molecular complexity index is 888. The first-order chi connectivity index (χ1) is 14.5. The SMILES string of the molecule is CCNC(=NCCc1nc(-c2cccc(Cl)c2)no1)NC1CCN(C(=O)C(C)C)C1.I. The maximum absolute atomic E-state index is 12.2. The Hall–Kier alpha value is -1.88. The van der Waals surface area contributed by atoms with Crippen LogP contribution in [0.3, 0.4) is 0 Å². The summed E-state index contributed by atoms with van der Waals surface area (Å²) in [6, 6.07) is 7.55. The minimum atomic E-state index is 0. The molecule has 1 amide bonds. The molecule has 1 saturated heterocycles. The largest absolute Gasteiger partial charge is 0.357 e. The molecule has 10 heteroatoms. The number of guanidine groups is 1. The predicted molar refractivity (Wildman–Crippen MR) is 133 cm³/mol. The highest BCUT2D eigenvalue weighted by atomic mass is 127. The van der Waals surface area contributed by atoms with Crippen LogP contribution in [0.2, 0.25) is 5.02 Å². The van der Waals surface area contributed by atoms with Gasteiger partial charge in [0.15, 0.2) is 5.96 Å². The van der Waals surface area contributed by atoms with Gasteiger partial charge in [-0.15, -0.1) is 24.0 Å². The van der Waals surface area contributed by atoms with E-state index in [-0.39, 0.29) is 41.8 Å². The normalized spacial score (nSPS) is 16.4. The molecule has 31 heavy (non-hydrogen) atoms. The summed E-state index contributed by atoms with van der Waals surface area (Å²) in [5, 5.41) is 11.3. The van der Waals surface area contributed by atoms with E-state index < -0.39 is 0 Å². The van der Waals surface area contributed by atoms with E-state index in [2.05, 4.69) is 25.8 Å². The molecular formula is C21H30ClIN6O2. The number of carbonyl (C=O) groups is 1. The Kier molecular flexibility index (Phi) is 10.0. The van der Waals surface area contributed by atoms with Crippen LogP contribution in [0.15, 0.2) is 33.8 Å². The molecule has 2 aromatic rings. The number of aromatic nitrogens is 2. The van der Waals surface area contributed by atoms with Gasteiger partial charge < -0.3 is 20.1 Å². The van der Waals surface area contributed by atoms with E-state index >= 15 is 0 Å². The standard InChI is InChI=1S/C21H29ClN6O2.HI/c1-4-23-21(25-17-9-11-28(13-17)20(29)14(2)3)24-10-8-18-26-19(27-30-18)15-6-5-7-16(22)12-15;/h5-7,12,14,17H,4,8-11,13H2,1-3H3,(H2,23,24,25);1H. The first-order valence-electron chi connectivity index (χ1n) is 10.4. The van der Waals surface area contributed by atoms with Crippen molar-refractivity contribution in [3.05, 3.63) is 35.2 Å². The minimum Gasteiger partial charge on any atom is -0.357 e. The third-order valence-electron chi connectivity index (χ3n) is 4.83. The quantitative estimate of drug-likeness (QED) is 0.306. The number of hydrogen-bond acceptors (Lipinski definition) is 5. The van der Waals surface area contributed by atoms with Crippen molar-refractivity contribution in [1.82, 2.24) is 25.7 Å². The fourth-order valence-corrected chi connectivity index (χ4v) is 3.51. The van der Waals surface area contributed by atoms with Crippen LogP contribution in [-0.2, 0) is 11.2 Å². The Labute approximate surface area is 205 Å². The molecule has 0 spiro atoms. The predicted octanol–water partition coefficient (Wildman–Crippen LogP) is 3.36. The molecule has 1 unspecified atom stereocenters. The van der Waals surface area contributed by atoms with Crippen molar-refractivity contribution in [2.24, 2.45) is 10.9 Å². The van der Waals surface area contributed by atoms with Gasteiger partial charge in [-0.2, -0.15) is 4.98 Å².